The average molecular weight is 357 g/mol. The number of anilines is 1. The summed E-state index contributed by atoms with van der Waals surface area (Å²) in [6, 6.07) is 13.2. The Labute approximate surface area is 148 Å². The number of hydrogen-bond donors (Lipinski definition) is 1. The number of hydrogen-bond acceptors (Lipinski definition) is 4. The number of amides is 1. The Hall–Kier alpha value is -2.73. The van der Waals surface area contributed by atoms with Crippen LogP contribution in [0.25, 0.3) is 10.1 Å². The zero-order chi connectivity index (χ0) is 17.8. The molecule has 1 N–H and O–H groups in total. The Balaban J connectivity index is 1.87. The summed E-state index contributed by atoms with van der Waals surface area (Å²) in [4.78, 5) is 24.6. The molecule has 0 unspecified atom stereocenters. The quantitative estimate of drug-likeness (QED) is 0.689. The minimum Gasteiger partial charge on any atom is -0.462 e. The van der Waals surface area contributed by atoms with Crippen LogP contribution in [0.5, 0.6) is 0 Å². The molecule has 6 heteroatoms. The van der Waals surface area contributed by atoms with Gasteiger partial charge in [-0.05, 0) is 30.7 Å². The van der Waals surface area contributed by atoms with Gasteiger partial charge < -0.3 is 10.1 Å². The summed E-state index contributed by atoms with van der Waals surface area (Å²) in [5.41, 5.74) is 1.06. The fourth-order valence-electron chi connectivity index (χ4n) is 2.50. The standard InChI is InChI=1S/C19H16FNO3S/c1-2-24-19(23)17-14-5-3-4-6-15(14)25-18(17)21-16(22)11-12-7-9-13(20)10-8-12/h3-10H,2,11H2,1H3,(H,21,22). The molecule has 0 radical (unpaired) electrons. The van der Waals surface area contributed by atoms with Gasteiger partial charge in [0.1, 0.15) is 16.4 Å². The number of rotatable bonds is 5. The first kappa shape index (κ1) is 17.1. The molecule has 4 nitrogen and oxygen atoms in total. The maximum absolute atomic E-state index is 13.0. The molecule has 0 aliphatic rings. The summed E-state index contributed by atoms with van der Waals surface area (Å²) in [5.74, 6) is -1.08. The van der Waals surface area contributed by atoms with Gasteiger partial charge in [0.15, 0.2) is 0 Å². The molecular formula is C19H16FNO3S. The first-order valence-electron chi connectivity index (χ1n) is 7.81. The largest absolute Gasteiger partial charge is 0.462 e. The lowest BCUT2D eigenvalue weighted by Gasteiger charge is -2.07. The molecule has 0 atom stereocenters. The third kappa shape index (κ3) is 3.85. The lowest BCUT2D eigenvalue weighted by Crippen LogP contribution is -2.16. The first-order valence-corrected chi connectivity index (χ1v) is 8.63. The van der Waals surface area contributed by atoms with E-state index in [9.17, 15) is 14.0 Å². The molecule has 128 valence electrons. The van der Waals surface area contributed by atoms with Crippen molar-refractivity contribution in [1.29, 1.82) is 0 Å². The highest BCUT2D eigenvalue weighted by Gasteiger charge is 2.21. The summed E-state index contributed by atoms with van der Waals surface area (Å²) in [6.45, 7) is 1.99. The molecule has 25 heavy (non-hydrogen) atoms. The molecule has 2 aromatic carbocycles. The van der Waals surface area contributed by atoms with E-state index >= 15 is 0 Å². The fraction of sp³-hybridized carbons (Fsp3) is 0.158. The van der Waals surface area contributed by atoms with Gasteiger partial charge in [-0.15, -0.1) is 11.3 Å². The molecule has 0 aliphatic carbocycles. The molecular weight excluding hydrogens is 341 g/mol. The Morgan fingerprint density at radius 1 is 1.12 bits per heavy atom. The smallest absolute Gasteiger partial charge is 0.341 e. The average Bonchev–Trinajstić information content (AvgIpc) is 2.95. The Kier molecular flexibility index (Phi) is 5.09. The zero-order valence-corrected chi connectivity index (χ0v) is 14.4. The van der Waals surface area contributed by atoms with E-state index in [0.29, 0.717) is 16.1 Å². The Morgan fingerprint density at radius 2 is 1.84 bits per heavy atom. The van der Waals surface area contributed by atoms with Gasteiger partial charge in [-0.1, -0.05) is 30.3 Å². The van der Waals surface area contributed by atoms with Gasteiger partial charge in [0.05, 0.1) is 13.0 Å². The molecule has 1 aromatic heterocycles. The molecule has 3 aromatic rings. The van der Waals surface area contributed by atoms with E-state index in [1.807, 2.05) is 24.3 Å². The van der Waals surface area contributed by atoms with Crippen LogP contribution in [0, 0.1) is 5.82 Å². The van der Waals surface area contributed by atoms with Crippen molar-refractivity contribution in [3.8, 4) is 0 Å². The van der Waals surface area contributed by atoms with Crippen molar-refractivity contribution in [2.45, 2.75) is 13.3 Å². The predicted octanol–water partition coefficient (Wildman–Crippen LogP) is 4.40. The lowest BCUT2D eigenvalue weighted by atomic mass is 10.1. The van der Waals surface area contributed by atoms with Gasteiger partial charge in [0.2, 0.25) is 5.91 Å². The van der Waals surface area contributed by atoms with Crippen LogP contribution in [0.1, 0.15) is 22.8 Å². The molecule has 0 fully saturated rings. The van der Waals surface area contributed by atoms with Gasteiger partial charge in [-0.2, -0.15) is 0 Å². The van der Waals surface area contributed by atoms with Crippen LogP contribution < -0.4 is 5.32 Å². The van der Waals surface area contributed by atoms with Gasteiger partial charge in [-0.3, -0.25) is 4.79 Å². The van der Waals surface area contributed by atoms with E-state index in [-0.39, 0.29) is 24.8 Å². The van der Waals surface area contributed by atoms with Crippen LogP contribution in [-0.4, -0.2) is 18.5 Å². The summed E-state index contributed by atoms with van der Waals surface area (Å²) in [5, 5.41) is 4.00. The lowest BCUT2D eigenvalue weighted by molar-refractivity contribution is -0.115. The van der Waals surface area contributed by atoms with E-state index in [1.165, 1.54) is 23.5 Å². The third-order valence-electron chi connectivity index (χ3n) is 3.61. The number of esters is 1. The zero-order valence-electron chi connectivity index (χ0n) is 13.5. The minimum atomic E-state index is -0.461. The monoisotopic (exact) mass is 357 g/mol. The van der Waals surface area contributed by atoms with Crippen molar-refractivity contribution < 1.29 is 18.7 Å². The molecule has 0 aliphatic heterocycles. The van der Waals surface area contributed by atoms with Gasteiger partial charge in [0.25, 0.3) is 0 Å². The SMILES string of the molecule is CCOC(=O)c1c(NC(=O)Cc2ccc(F)cc2)sc2ccccc12. The maximum Gasteiger partial charge on any atom is 0.341 e. The van der Waals surface area contributed by atoms with E-state index in [2.05, 4.69) is 5.32 Å². The number of carbonyl (C=O) groups is 2. The second kappa shape index (κ2) is 7.44. The number of fused-ring (bicyclic) bond motifs is 1. The molecule has 0 saturated carbocycles. The number of carbonyl (C=O) groups excluding carboxylic acids is 2. The first-order chi connectivity index (χ1) is 12.1. The van der Waals surface area contributed by atoms with Gasteiger partial charge in [0, 0.05) is 10.1 Å². The summed E-state index contributed by atoms with van der Waals surface area (Å²) in [7, 11) is 0. The normalized spacial score (nSPS) is 10.6. The van der Waals surface area contributed by atoms with Crippen LogP contribution in [0.2, 0.25) is 0 Å². The van der Waals surface area contributed by atoms with Crippen molar-refractivity contribution in [2.75, 3.05) is 11.9 Å². The molecule has 3 rings (SSSR count). The van der Waals surface area contributed by atoms with Crippen LogP contribution in [0.15, 0.2) is 48.5 Å². The third-order valence-corrected chi connectivity index (χ3v) is 4.69. The topological polar surface area (TPSA) is 55.4 Å². The van der Waals surface area contributed by atoms with Crippen molar-refractivity contribution in [2.24, 2.45) is 0 Å². The summed E-state index contributed by atoms with van der Waals surface area (Å²) >= 11 is 1.33. The summed E-state index contributed by atoms with van der Waals surface area (Å²) in [6.07, 6.45) is 0.0940. The molecule has 0 bridgehead atoms. The van der Waals surface area contributed by atoms with E-state index in [1.54, 1.807) is 19.1 Å². The van der Waals surface area contributed by atoms with Crippen molar-refractivity contribution in [3.63, 3.8) is 0 Å². The molecule has 1 amide bonds. The number of nitrogens with one attached hydrogen (secondary N) is 1. The number of thiophene rings is 1. The van der Waals surface area contributed by atoms with Crippen LogP contribution in [0.4, 0.5) is 9.39 Å². The van der Waals surface area contributed by atoms with Crippen molar-refractivity contribution >= 4 is 38.3 Å². The molecule has 0 saturated heterocycles. The second-order valence-electron chi connectivity index (χ2n) is 5.37. The van der Waals surface area contributed by atoms with E-state index in [0.717, 1.165) is 10.1 Å². The fourth-order valence-corrected chi connectivity index (χ4v) is 3.60. The highest BCUT2D eigenvalue weighted by Crippen LogP contribution is 2.36. The van der Waals surface area contributed by atoms with Gasteiger partial charge in [-0.25, -0.2) is 9.18 Å². The Bertz CT molecular complexity index is 918. The van der Waals surface area contributed by atoms with Crippen molar-refractivity contribution in [3.05, 3.63) is 65.5 Å². The van der Waals surface area contributed by atoms with Crippen LogP contribution in [-0.2, 0) is 16.0 Å². The van der Waals surface area contributed by atoms with Crippen LogP contribution in [0.3, 0.4) is 0 Å². The van der Waals surface area contributed by atoms with Crippen molar-refractivity contribution in [1.82, 2.24) is 0 Å². The second-order valence-corrected chi connectivity index (χ2v) is 6.43. The highest BCUT2D eigenvalue weighted by molar-refractivity contribution is 7.23. The van der Waals surface area contributed by atoms with Crippen LogP contribution >= 0.6 is 11.3 Å². The Morgan fingerprint density at radius 3 is 2.56 bits per heavy atom. The van der Waals surface area contributed by atoms with E-state index in [4.69, 9.17) is 4.74 Å². The minimum absolute atomic E-state index is 0.0940. The van der Waals surface area contributed by atoms with Gasteiger partial charge >= 0.3 is 5.97 Å². The molecule has 1 heterocycles. The number of halogens is 1. The number of ether oxygens (including phenoxy) is 1. The highest BCUT2D eigenvalue weighted by atomic mass is 32.1. The van der Waals surface area contributed by atoms with E-state index < -0.39 is 5.97 Å². The predicted molar refractivity (Wildman–Crippen MR) is 96.5 cm³/mol. The summed E-state index contributed by atoms with van der Waals surface area (Å²) < 4.78 is 19.0. The number of benzene rings is 2. The molecule has 0 spiro atoms. The maximum atomic E-state index is 13.0.